The van der Waals surface area contributed by atoms with Crippen LogP contribution in [0.3, 0.4) is 0 Å². The Labute approximate surface area is 219 Å². The number of aromatic amines is 1. The van der Waals surface area contributed by atoms with Crippen LogP contribution in [-0.2, 0) is 11.2 Å². The molecule has 172 valence electrons. The number of amides is 1. The minimum Gasteiger partial charge on any atom is -0.497 e. The van der Waals surface area contributed by atoms with Crippen molar-refractivity contribution in [2.24, 2.45) is 0 Å². The molecule has 4 aromatic rings. The van der Waals surface area contributed by atoms with Crippen LogP contribution in [0.15, 0.2) is 75.7 Å². The molecule has 0 bridgehead atoms. The average Bonchev–Trinajstić information content (AvgIpc) is 3.32. The van der Waals surface area contributed by atoms with Gasteiger partial charge in [-0.2, -0.15) is 0 Å². The summed E-state index contributed by atoms with van der Waals surface area (Å²) in [5.74, 6) is 0.860. The number of aromatic nitrogens is 1. The van der Waals surface area contributed by atoms with Crippen LogP contribution in [0.5, 0.6) is 5.75 Å². The van der Waals surface area contributed by atoms with Crippen LogP contribution < -0.4 is 9.64 Å². The molecule has 1 saturated heterocycles. The highest BCUT2D eigenvalue weighted by Gasteiger charge is 2.52. The second-order valence-corrected chi connectivity index (χ2v) is 10.9. The number of carbonyl (C=O) groups excluding carboxylic acids is 1. The van der Waals surface area contributed by atoms with Crippen molar-refractivity contribution in [3.05, 3.63) is 92.5 Å². The second kappa shape index (κ2) is 8.45. The number of methoxy groups -OCH3 is 1. The third kappa shape index (κ3) is 3.42. The first kappa shape index (κ1) is 22.2. The fourth-order valence-electron chi connectivity index (χ4n) is 5.25. The lowest BCUT2D eigenvalue weighted by molar-refractivity contribution is -0.120. The molecule has 6 rings (SSSR count). The number of rotatable bonds is 3. The Morgan fingerprint density at radius 2 is 1.79 bits per heavy atom. The topological polar surface area (TPSA) is 48.6 Å². The maximum atomic E-state index is 13.9. The molecular formula is C26H21Br2N3O2S. The quantitative estimate of drug-likeness (QED) is 0.273. The molecular weight excluding hydrogens is 578 g/mol. The summed E-state index contributed by atoms with van der Waals surface area (Å²) >= 11 is 12.2. The molecule has 1 amide bonds. The fraction of sp³-hybridized carbons (Fsp3) is 0.192. The minimum absolute atomic E-state index is 0.0617. The lowest BCUT2D eigenvalue weighted by atomic mass is 9.89. The standard InChI is InChI=1S/C26H21Br2N3O2S/c1-33-18-8-5-14(6-9-18)24-23-20(19-12-16(28)7-10-21(19)29-23)13-22-25(32)30(26(34)31(22)24)17-4-2-3-15(27)11-17/h2-12,22,24,26,29,34H,13H2,1H3. The van der Waals surface area contributed by atoms with Gasteiger partial charge in [0.2, 0.25) is 5.91 Å². The number of anilines is 1. The summed E-state index contributed by atoms with van der Waals surface area (Å²) < 4.78 is 7.34. The van der Waals surface area contributed by atoms with E-state index in [0.29, 0.717) is 6.42 Å². The molecule has 3 heterocycles. The monoisotopic (exact) mass is 597 g/mol. The molecule has 5 nitrogen and oxygen atoms in total. The van der Waals surface area contributed by atoms with Gasteiger partial charge in [-0.1, -0.05) is 50.1 Å². The lowest BCUT2D eigenvalue weighted by Crippen LogP contribution is -2.44. The summed E-state index contributed by atoms with van der Waals surface area (Å²) in [4.78, 5) is 21.5. The number of hydrogen-bond acceptors (Lipinski definition) is 4. The zero-order valence-electron chi connectivity index (χ0n) is 18.2. The van der Waals surface area contributed by atoms with Gasteiger partial charge in [0, 0.05) is 31.2 Å². The highest BCUT2D eigenvalue weighted by Crippen LogP contribution is 2.47. The van der Waals surface area contributed by atoms with Crippen LogP contribution in [0.25, 0.3) is 10.9 Å². The van der Waals surface area contributed by atoms with Crippen LogP contribution in [0.4, 0.5) is 5.69 Å². The molecule has 1 N–H and O–H groups in total. The van der Waals surface area contributed by atoms with Crippen molar-refractivity contribution in [3.63, 3.8) is 0 Å². The molecule has 0 radical (unpaired) electrons. The number of fused-ring (bicyclic) bond motifs is 4. The predicted octanol–water partition coefficient (Wildman–Crippen LogP) is 6.28. The number of carbonyl (C=O) groups is 1. The highest BCUT2D eigenvalue weighted by atomic mass is 79.9. The molecule has 0 saturated carbocycles. The summed E-state index contributed by atoms with van der Waals surface area (Å²) in [6.45, 7) is 0. The number of hydrogen-bond donors (Lipinski definition) is 2. The van der Waals surface area contributed by atoms with Crippen LogP contribution in [0.2, 0.25) is 0 Å². The van der Waals surface area contributed by atoms with E-state index in [1.165, 1.54) is 5.56 Å². The first-order valence-electron chi connectivity index (χ1n) is 10.9. The van der Waals surface area contributed by atoms with Crippen molar-refractivity contribution in [1.29, 1.82) is 0 Å². The van der Waals surface area contributed by atoms with Gasteiger partial charge in [0.05, 0.1) is 19.2 Å². The van der Waals surface area contributed by atoms with Gasteiger partial charge in [-0.25, -0.2) is 4.90 Å². The van der Waals surface area contributed by atoms with Crippen LogP contribution >= 0.6 is 44.5 Å². The molecule has 0 spiro atoms. The Morgan fingerprint density at radius 3 is 2.53 bits per heavy atom. The molecule has 34 heavy (non-hydrogen) atoms. The third-order valence-corrected chi connectivity index (χ3v) is 8.25. The Bertz CT molecular complexity index is 1420. The molecule has 2 aliphatic heterocycles. The Balaban J connectivity index is 1.53. The van der Waals surface area contributed by atoms with Crippen LogP contribution in [-0.4, -0.2) is 34.4 Å². The van der Waals surface area contributed by atoms with Gasteiger partial charge in [0.1, 0.15) is 11.2 Å². The second-order valence-electron chi connectivity index (χ2n) is 8.58. The zero-order valence-corrected chi connectivity index (χ0v) is 22.3. The number of H-pyrrole nitrogens is 1. The van der Waals surface area contributed by atoms with Crippen molar-refractivity contribution >= 4 is 67.0 Å². The van der Waals surface area contributed by atoms with E-state index in [-0.39, 0.29) is 18.0 Å². The number of ether oxygens (including phenoxy) is 1. The fourth-order valence-corrected chi connectivity index (χ4v) is 6.54. The Morgan fingerprint density at radius 1 is 1.03 bits per heavy atom. The number of thiol groups is 1. The largest absolute Gasteiger partial charge is 0.497 e. The van der Waals surface area contributed by atoms with Crippen LogP contribution in [0, 0.1) is 0 Å². The Hall–Kier alpha value is -2.26. The van der Waals surface area contributed by atoms with E-state index in [0.717, 1.165) is 42.5 Å². The van der Waals surface area contributed by atoms with E-state index in [1.54, 1.807) is 12.0 Å². The van der Waals surface area contributed by atoms with Crippen molar-refractivity contribution < 1.29 is 9.53 Å². The molecule has 3 unspecified atom stereocenters. The van der Waals surface area contributed by atoms with Gasteiger partial charge in [0.25, 0.3) is 0 Å². The van der Waals surface area contributed by atoms with E-state index in [2.05, 4.69) is 66.0 Å². The zero-order chi connectivity index (χ0) is 23.6. The molecule has 8 heteroatoms. The van der Waals surface area contributed by atoms with E-state index < -0.39 is 5.50 Å². The van der Waals surface area contributed by atoms with Gasteiger partial charge >= 0.3 is 0 Å². The van der Waals surface area contributed by atoms with Crippen LogP contribution in [0.1, 0.15) is 22.9 Å². The van der Waals surface area contributed by atoms with E-state index >= 15 is 0 Å². The van der Waals surface area contributed by atoms with E-state index in [4.69, 9.17) is 17.4 Å². The Kier molecular flexibility index (Phi) is 5.52. The maximum absolute atomic E-state index is 13.9. The van der Waals surface area contributed by atoms with Gasteiger partial charge in [0.15, 0.2) is 0 Å². The number of nitrogens with zero attached hydrogens (tertiary/aromatic N) is 2. The summed E-state index contributed by atoms with van der Waals surface area (Å²) in [5.41, 5.74) is 4.87. The summed E-state index contributed by atoms with van der Waals surface area (Å²) in [6.07, 6.45) is 0.624. The van der Waals surface area contributed by atoms with Crippen molar-refractivity contribution in [3.8, 4) is 5.75 Å². The first-order valence-corrected chi connectivity index (χ1v) is 13.0. The van der Waals surface area contributed by atoms with Crippen molar-refractivity contribution in [2.75, 3.05) is 12.0 Å². The van der Waals surface area contributed by atoms with Gasteiger partial charge in [-0.15, -0.1) is 12.6 Å². The summed E-state index contributed by atoms with van der Waals surface area (Å²) in [5, 5.41) is 1.15. The minimum atomic E-state index is -0.412. The van der Waals surface area contributed by atoms with Crippen molar-refractivity contribution in [2.45, 2.75) is 24.0 Å². The molecule has 0 aliphatic carbocycles. The molecule has 1 fully saturated rings. The molecule has 2 aliphatic rings. The van der Waals surface area contributed by atoms with E-state index in [9.17, 15) is 4.79 Å². The maximum Gasteiger partial charge on any atom is 0.246 e. The average molecular weight is 599 g/mol. The summed E-state index contributed by atoms with van der Waals surface area (Å²) in [7, 11) is 1.66. The predicted molar refractivity (Wildman–Crippen MR) is 145 cm³/mol. The van der Waals surface area contributed by atoms with E-state index in [1.807, 2.05) is 42.5 Å². The normalized spacial score (nSPS) is 22.2. The molecule has 3 atom stereocenters. The van der Waals surface area contributed by atoms with Gasteiger partial charge in [-0.3, -0.25) is 9.69 Å². The third-order valence-electron chi connectivity index (χ3n) is 6.77. The SMILES string of the molecule is COc1ccc(C2c3[nH]c4ccc(Br)cc4c3CC3C(=O)N(c4cccc(Br)c4)C(S)N32)cc1. The smallest absolute Gasteiger partial charge is 0.246 e. The number of nitrogens with one attached hydrogen (secondary N) is 1. The molecule has 3 aromatic carbocycles. The highest BCUT2D eigenvalue weighted by molar-refractivity contribution is 9.10. The number of halogens is 2. The summed E-state index contributed by atoms with van der Waals surface area (Å²) in [6, 6.07) is 21.7. The number of benzene rings is 3. The van der Waals surface area contributed by atoms with Gasteiger partial charge < -0.3 is 9.72 Å². The lowest BCUT2D eigenvalue weighted by Gasteiger charge is -2.38. The molecule has 1 aromatic heterocycles. The van der Waals surface area contributed by atoms with Crippen molar-refractivity contribution in [1.82, 2.24) is 9.88 Å². The first-order chi connectivity index (χ1) is 16.5. The van der Waals surface area contributed by atoms with Gasteiger partial charge in [-0.05, 0) is 66.1 Å².